The molecule has 0 saturated carbocycles. The van der Waals surface area contributed by atoms with E-state index in [1.165, 1.54) is 0 Å². The van der Waals surface area contributed by atoms with Crippen molar-refractivity contribution < 1.29 is 4.74 Å². The maximum Gasteiger partial charge on any atom is 0.133 e. The standard InChI is InChI=1S/C15H22ClN3OSi/c1-18-10-13-7-12(9-17)14(16)8-15(13)19(18)11-20-5-6-21(2,3)4/h7-8H,5-6,10-11H2,1-4H3. The number of hydrogen-bond acceptors (Lipinski definition) is 4. The molecule has 1 aliphatic heterocycles. The minimum absolute atomic E-state index is 0.499. The quantitative estimate of drug-likeness (QED) is 0.612. The Morgan fingerprint density at radius 3 is 2.71 bits per heavy atom. The second kappa shape index (κ2) is 6.37. The Hall–Kier alpha value is -1.06. The Morgan fingerprint density at radius 2 is 2.10 bits per heavy atom. The van der Waals surface area contributed by atoms with Crippen molar-refractivity contribution in [3.05, 3.63) is 28.3 Å². The molecule has 1 aromatic carbocycles. The van der Waals surface area contributed by atoms with E-state index in [0.717, 1.165) is 30.4 Å². The first-order valence-electron chi connectivity index (χ1n) is 7.11. The third-order valence-electron chi connectivity index (χ3n) is 3.59. The molecule has 21 heavy (non-hydrogen) atoms. The van der Waals surface area contributed by atoms with Crippen LogP contribution in [-0.2, 0) is 11.3 Å². The van der Waals surface area contributed by atoms with Gasteiger partial charge >= 0.3 is 0 Å². The summed E-state index contributed by atoms with van der Waals surface area (Å²) in [7, 11) is 0.957. The summed E-state index contributed by atoms with van der Waals surface area (Å²) >= 11 is 6.14. The molecule has 0 amide bonds. The zero-order valence-corrected chi connectivity index (χ0v) is 14.9. The van der Waals surface area contributed by atoms with Gasteiger partial charge in [-0.2, -0.15) is 5.26 Å². The van der Waals surface area contributed by atoms with Crippen LogP contribution in [0.1, 0.15) is 11.1 Å². The van der Waals surface area contributed by atoms with Crippen LogP contribution in [0.5, 0.6) is 0 Å². The fourth-order valence-electron chi connectivity index (χ4n) is 2.27. The van der Waals surface area contributed by atoms with E-state index in [4.69, 9.17) is 21.6 Å². The number of benzene rings is 1. The molecule has 0 N–H and O–H groups in total. The number of anilines is 1. The molecule has 0 fully saturated rings. The zero-order chi connectivity index (χ0) is 15.6. The Morgan fingerprint density at radius 1 is 1.38 bits per heavy atom. The van der Waals surface area contributed by atoms with Crippen LogP contribution in [0, 0.1) is 11.3 Å². The van der Waals surface area contributed by atoms with Crippen molar-refractivity contribution in [1.29, 1.82) is 5.26 Å². The highest BCUT2D eigenvalue weighted by Gasteiger charge is 2.26. The van der Waals surface area contributed by atoms with Gasteiger partial charge in [0.25, 0.3) is 0 Å². The van der Waals surface area contributed by atoms with Gasteiger partial charge in [0.2, 0.25) is 0 Å². The third-order valence-corrected chi connectivity index (χ3v) is 5.60. The van der Waals surface area contributed by atoms with E-state index in [-0.39, 0.29) is 0 Å². The summed E-state index contributed by atoms with van der Waals surface area (Å²) in [5.74, 6) is 0. The van der Waals surface area contributed by atoms with E-state index in [2.05, 4.69) is 35.7 Å². The number of fused-ring (bicyclic) bond motifs is 1. The van der Waals surface area contributed by atoms with Gasteiger partial charge in [0, 0.05) is 28.3 Å². The van der Waals surface area contributed by atoms with Crippen molar-refractivity contribution in [1.82, 2.24) is 5.01 Å². The maximum atomic E-state index is 9.05. The lowest BCUT2D eigenvalue weighted by Crippen LogP contribution is -2.36. The Kier molecular flexibility index (Phi) is 4.94. The maximum absolute atomic E-state index is 9.05. The highest BCUT2D eigenvalue weighted by atomic mass is 35.5. The summed E-state index contributed by atoms with van der Waals surface area (Å²) in [5.41, 5.74) is 2.69. The van der Waals surface area contributed by atoms with Crippen LogP contribution in [0.15, 0.2) is 12.1 Å². The normalized spacial score (nSPS) is 15.1. The first-order valence-corrected chi connectivity index (χ1v) is 11.2. The molecule has 114 valence electrons. The van der Waals surface area contributed by atoms with E-state index < -0.39 is 8.07 Å². The molecular weight excluding hydrogens is 302 g/mol. The fraction of sp³-hybridized carbons (Fsp3) is 0.533. The van der Waals surface area contributed by atoms with E-state index in [9.17, 15) is 0 Å². The molecule has 0 bridgehead atoms. The van der Waals surface area contributed by atoms with Crippen LogP contribution in [0.4, 0.5) is 5.69 Å². The van der Waals surface area contributed by atoms with Crippen LogP contribution in [-0.4, -0.2) is 33.5 Å². The lowest BCUT2D eigenvalue weighted by Gasteiger charge is -2.27. The molecular formula is C15H22ClN3OSi. The minimum atomic E-state index is -1.06. The smallest absolute Gasteiger partial charge is 0.133 e. The second-order valence-corrected chi connectivity index (χ2v) is 12.7. The van der Waals surface area contributed by atoms with Gasteiger partial charge in [-0.1, -0.05) is 31.2 Å². The number of rotatable bonds is 5. The second-order valence-electron chi connectivity index (χ2n) is 6.64. The molecule has 0 spiro atoms. The number of nitriles is 1. The van der Waals surface area contributed by atoms with Gasteiger partial charge in [-0.25, -0.2) is 5.01 Å². The molecule has 6 heteroatoms. The molecule has 0 aliphatic carbocycles. The van der Waals surface area contributed by atoms with Gasteiger partial charge in [-0.05, 0) is 23.7 Å². The summed E-state index contributed by atoms with van der Waals surface area (Å²) in [6, 6.07) is 7.02. The van der Waals surface area contributed by atoms with Crippen LogP contribution in [0.2, 0.25) is 30.7 Å². The summed E-state index contributed by atoms with van der Waals surface area (Å²) in [4.78, 5) is 0. The molecule has 0 saturated heterocycles. The van der Waals surface area contributed by atoms with E-state index in [0.29, 0.717) is 17.3 Å². The van der Waals surface area contributed by atoms with Crippen molar-refractivity contribution in [2.24, 2.45) is 0 Å². The molecule has 0 aromatic heterocycles. The number of hydrogen-bond donors (Lipinski definition) is 0. The fourth-order valence-corrected chi connectivity index (χ4v) is 3.23. The van der Waals surface area contributed by atoms with Gasteiger partial charge < -0.3 is 4.74 Å². The molecule has 0 radical (unpaired) electrons. The van der Waals surface area contributed by atoms with Crippen LogP contribution >= 0.6 is 11.6 Å². The first kappa shape index (κ1) is 16.3. The van der Waals surface area contributed by atoms with Crippen molar-refractivity contribution in [2.75, 3.05) is 25.4 Å². The van der Waals surface area contributed by atoms with E-state index >= 15 is 0 Å². The van der Waals surface area contributed by atoms with Gasteiger partial charge in [0.15, 0.2) is 0 Å². The predicted octanol–water partition coefficient (Wildman–Crippen LogP) is 3.69. The van der Waals surface area contributed by atoms with Crippen molar-refractivity contribution >= 4 is 25.4 Å². The summed E-state index contributed by atoms with van der Waals surface area (Å²) in [6.07, 6.45) is 0. The van der Waals surface area contributed by atoms with Crippen LogP contribution in [0.25, 0.3) is 0 Å². The summed E-state index contributed by atoms with van der Waals surface area (Å²) in [5, 5.41) is 13.7. The molecule has 1 aromatic rings. The Balaban J connectivity index is 2.03. The molecule has 2 rings (SSSR count). The van der Waals surface area contributed by atoms with Gasteiger partial charge in [-0.3, -0.25) is 5.01 Å². The number of nitrogens with zero attached hydrogens (tertiary/aromatic N) is 3. The number of ether oxygens (including phenoxy) is 1. The molecule has 0 unspecified atom stereocenters. The Bertz CT molecular complexity index is 565. The first-order chi connectivity index (χ1) is 9.81. The lowest BCUT2D eigenvalue weighted by molar-refractivity contribution is 0.110. The molecule has 1 aliphatic rings. The van der Waals surface area contributed by atoms with Crippen LogP contribution in [0.3, 0.4) is 0 Å². The monoisotopic (exact) mass is 323 g/mol. The van der Waals surface area contributed by atoms with Crippen molar-refractivity contribution in [3.8, 4) is 6.07 Å². The molecule has 0 atom stereocenters. The van der Waals surface area contributed by atoms with Crippen molar-refractivity contribution in [3.63, 3.8) is 0 Å². The highest BCUT2D eigenvalue weighted by Crippen LogP contribution is 2.34. The number of halogens is 1. The average molecular weight is 324 g/mol. The van der Waals surface area contributed by atoms with Crippen LogP contribution < -0.4 is 5.01 Å². The summed E-state index contributed by atoms with van der Waals surface area (Å²) in [6.45, 7) is 9.12. The van der Waals surface area contributed by atoms with E-state index in [1.54, 1.807) is 0 Å². The zero-order valence-electron chi connectivity index (χ0n) is 13.1. The van der Waals surface area contributed by atoms with Crippen molar-refractivity contribution in [2.45, 2.75) is 32.2 Å². The van der Waals surface area contributed by atoms with Gasteiger partial charge in [-0.15, -0.1) is 0 Å². The van der Waals surface area contributed by atoms with Gasteiger partial charge in [0.05, 0.1) is 16.3 Å². The summed E-state index contributed by atoms with van der Waals surface area (Å²) < 4.78 is 5.83. The molecule has 1 heterocycles. The topological polar surface area (TPSA) is 39.5 Å². The molecule has 4 nitrogen and oxygen atoms in total. The largest absolute Gasteiger partial charge is 0.360 e. The number of hydrazine groups is 1. The minimum Gasteiger partial charge on any atom is -0.360 e. The Labute approximate surface area is 132 Å². The average Bonchev–Trinajstić information content (AvgIpc) is 2.68. The van der Waals surface area contributed by atoms with E-state index in [1.807, 2.05) is 19.2 Å². The van der Waals surface area contributed by atoms with Gasteiger partial charge in [0.1, 0.15) is 12.8 Å². The highest BCUT2D eigenvalue weighted by molar-refractivity contribution is 6.76. The predicted molar refractivity (Wildman–Crippen MR) is 89.1 cm³/mol. The SMILES string of the molecule is CN1Cc2cc(C#N)c(Cl)cc2N1COCC[Si](C)(C)C. The lowest BCUT2D eigenvalue weighted by atomic mass is 10.1. The third kappa shape index (κ3) is 3.98.